The van der Waals surface area contributed by atoms with Crippen LogP contribution < -0.4 is 0 Å². The third-order valence-corrected chi connectivity index (χ3v) is 5.78. The highest BCUT2D eigenvalue weighted by atomic mass is 35.5. The van der Waals surface area contributed by atoms with Crippen LogP contribution in [0.5, 0.6) is 0 Å². The van der Waals surface area contributed by atoms with Crippen LogP contribution in [0.4, 0.5) is 4.79 Å². The first-order valence-corrected chi connectivity index (χ1v) is 9.32. The van der Waals surface area contributed by atoms with Crippen LogP contribution in [-0.2, 0) is 11.3 Å². The zero-order chi connectivity index (χ0) is 19.0. The zero-order valence-corrected chi connectivity index (χ0v) is 15.4. The van der Waals surface area contributed by atoms with Gasteiger partial charge in [0.05, 0.1) is 12.7 Å². The summed E-state index contributed by atoms with van der Waals surface area (Å²) in [4.78, 5) is 25.2. The molecule has 7 nitrogen and oxygen atoms in total. The lowest BCUT2D eigenvalue weighted by molar-refractivity contribution is 0.0384. The summed E-state index contributed by atoms with van der Waals surface area (Å²) in [5, 5.41) is 13.5. The van der Waals surface area contributed by atoms with Crippen molar-refractivity contribution in [3.8, 4) is 0 Å². The van der Waals surface area contributed by atoms with Crippen LogP contribution in [0.25, 0.3) is 0 Å². The maximum atomic E-state index is 12.5. The first-order valence-electron chi connectivity index (χ1n) is 8.94. The van der Waals surface area contributed by atoms with E-state index in [1.165, 1.54) is 12.3 Å². The summed E-state index contributed by atoms with van der Waals surface area (Å²) in [5.41, 5.74) is 0.858. The molecule has 1 aromatic heterocycles. The third-order valence-electron chi connectivity index (χ3n) is 5.41. The number of carboxylic acids is 1. The smallest absolute Gasteiger partial charge is 0.356 e. The maximum Gasteiger partial charge on any atom is 0.356 e. The van der Waals surface area contributed by atoms with E-state index in [0.29, 0.717) is 36.6 Å². The Morgan fingerprint density at radius 2 is 1.89 bits per heavy atom. The number of aromatic carboxylic acids is 1. The first kappa shape index (κ1) is 18.0. The average molecular weight is 390 g/mol. The fraction of sp³-hybridized carbons (Fsp3) is 0.421. The topological polar surface area (TPSA) is 84.7 Å². The molecule has 2 aliphatic rings. The van der Waals surface area contributed by atoms with Gasteiger partial charge in [0.1, 0.15) is 0 Å². The Morgan fingerprint density at radius 1 is 1.19 bits per heavy atom. The van der Waals surface area contributed by atoms with E-state index < -0.39 is 5.97 Å². The van der Waals surface area contributed by atoms with Gasteiger partial charge in [-0.3, -0.25) is 0 Å². The van der Waals surface area contributed by atoms with Gasteiger partial charge >= 0.3 is 12.0 Å². The predicted octanol–water partition coefficient (Wildman–Crippen LogP) is 3.13. The van der Waals surface area contributed by atoms with Gasteiger partial charge in [-0.2, -0.15) is 9.78 Å². The van der Waals surface area contributed by atoms with Crippen LogP contribution in [0.15, 0.2) is 36.5 Å². The van der Waals surface area contributed by atoms with Gasteiger partial charge in [-0.05, 0) is 42.4 Å². The van der Waals surface area contributed by atoms with E-state index >= 15 is 0 Å². The van der Waals surface area contributed by atoms with Crippen molar-refractivity contribution in [1.29, 1.82) is 0 Å². The van der Waals surface area contributed by atoms with Crippen LogP contribution in [0, 0.1) is 11.8 Å². The van der Waals surface area contributed by atoms with Crippen molar-refractivity contribution in [3.63, 3.8) is 0 Å². The molecule has 4 rings (SSSR count). The maximum absolute atomic E-state index is 12.5. The molecule has 27 heavy (non-hydrogen) atoms. The summed E-state index contributed by atoms with van der Waals surface area (Å²) in [6, 6.07) is 8.73. The number of hydrogen-bond donors (Lipinski definition) is 1. The number of carboxylic acid groups (broad SMARTS) is 1. The van der Waals surface area contributed by atoms with Gasteiger partial charge < -0.3 is 14.7 Å². The van der Waals surface area contributed by atoms with Gasteiger partial charge in [0.25, 0.3) is 0 Å². The molecule has 0 spiro atoms. The Labute approximate surface area is 161 Å². The number of carbonyl (C=O) groups excluding carboxylic acids is 1. The molecule has 2 heterocycles. The Bertz CT molecular complexity index is 854. The molecule has 2 aromatic rings. The van der Waals surface area contributed by atoms with Gasteiger partial charge in [-0.1, -0.05) is 29.8 Å². The van der Waals surface area contributed by atoms with Gasteiger partial charge in [0, 0.05) is 24.3 Å². The predicted molar refractivity (Wildman–Crippen MR) is 97.8 cm³/mol. The summed E-state index contributed by atoms with van der Waals surface area (Å²) in [6.07, 6.45) is 3.41. The molecule has 1 aliphatic carbocycles. The molecule has 8 heteroatoms. The second-order valence-electron chi connectivity index (χ2n) is 7.15. The molecule has 2 unspecified atom stereocenters. The average Bonchev–Trinajstić information content (AvgIpc) is 3.35. The molecular formula is C19H20ClN3O4. The quantitative estimate of drug-likeness (QED) is 0.868. The minimum absolute atomic E-state index is 0.129. The minimum Gasteiger partial charge on any atom is -0.476 e. The molecule has 1 saturated carbocycles. The van der Waals surface area contributed by atoms with E-state index in [1.807, 2.05) is 24.3 Å². The van der Waals surface area contributed by atoms with Crippen molar-refractivity contribution in [2.45, 2.75) is 25.6 Å². The minimum atomic E-state index is -1.14. The molecule has 142 valence electrons. The SMILES string of the molecule is O=C(O)c1ccn(C(=O)N2CC3CC(OCc4ccccc4Cl)CC3C2)n1. The Kier molecular flexibility index (Phi) is 4.88. The van der Waals surface area contributed by atoms with Crippen LogP contribution in [0.3, 0.4) is 0 Å². The second kappa shape index (κ2) is 7.32. The number of hydrogen-bond acceptors (Lipinski definition) is 4. The van der Waals surface area contributed by atoms with E-state index in [4.69, 9.17) is 21.4 Å². The highest BCUT2D eigenvalue weighted by Crippen LogP contribution is 2.40. The van der Waals surface area contributed by atoms with Crippen LogP contribution in [-0.4, -0.2) is 51.0 Å². The molecular weight excluding hydrogens is 370 g/mol. The van der Waals surface area contributed by atoms with Crippen LogP contribution in [0.1, 0.15) is 28.9 Å². The number of ether oxygens (including phenoxy) is 1. The molecule has 1 saturated heterocycles. The van der Waals surface area contributed by atoms with Crippen molar-refractivity contribution in [1.82, 2.24) is 14.7 Å². The number of fused-ring (bicyclic) bond motifs is 1. The number of rotatable bonds is 4. The van der Waals surface area contributed by atoms with Crippen LogP contribution in [0.2, 0.25) is 5.02 Å². The van der Waals surface area contributed by atoms with Crippen LogP contribution >= 0.6 is 11.6 Å². The van der Waals surface area contributed by atoms with Gasteiger partial charge in [0.2, 0.25) is 0 Å². The second-order valence-corrected chi connectivity index (χ2v) is 7.56. The number of benzene rings is 1. The lowest BCUT2D eigenvalue weighted by atomic mass is 10.0. The molecule has 1 amide bonds. The largest absolute Gasteiger partial charge is 0.476 e. The molecule has 1 N–H and O–H groups in total. The molecule has 0 bridgehead atoms. The number of carbonyl (C=O) groups is 2. The van der Waals surface area contributed by atoms with E-state index in [1.54, 1.807) is 4.90 Å². The normalized spacial score (nSPS) is 24.2. The molecule has 2 atom stereocenters. The molecule has 1 aromatic carbocycles. The van der Waals surface area contributed by atoms with Crippen molar-refractivity contribution in [2.75, 3.05) is 13.1 Å². The number of aromatic nitrogens is 2. The molecule has 1 aliphatic heterocycles. The summed E-state index contributed by atoms with van der Waals surface area (Å²) >= 11 is 6.17. The van der Waals surface area contributed by atoms with E-state index in [9.17, 15) is 9.59 Å². The van der Waals surface area contributed by atoms with Gasteiger partial charge in [0.15, 0.2) is 5.69 Å². The summed E-state index contributed by atoms with van der Waals surface area (Å²) in [5.74, 6) is -0.335. The summed E-state index contributed by atoms with van der Waals surface area (Å²) < 4.78 is 7.15. The molecule has 0 radical (unpaired) electrons. The summed E-state index contributed by atoms with van der Waals surface area (Å²) in [7, 11) is 0. The lowest BCUT2D eigenvalue weighted by Crippen LogP contribution is -2.34. The van der Waals surface area contributed by atoms with Gasteiger partial charge in [-0.15, -0.1) is 0 Å². The van der Waals surface area contributed by atoms with Gasteiger partial charge in [-0.25, -0.2) is 9.59 Å². The Hall–Kier alpha value is -2.38. The van der Waals surface area contributed by atoms with Crippen molar-refractivity contribution < 1.29 is 19.4 Å². The zero-order valence-electron chi connectivity index (χ0n) is 14.6. The van der Waals surface area contributed by atoms with Crippen molar-refractivity contribution in [2.24, 2.45) is 11.8 Å². The van der Waals surface area contributed by atoms with Crippen molar-refractivity contribution in [3.05, 3.63) is 52.8 Å². The Morgan fingerprint density at radius 3 is 2.52 bits per heavy atom. The third kappa shape index (κ3) is 3.70. The first-order chi connectivity index (χ1) is 13.0. The standard InChI is InChI=1S/C19H20ClN3O4/c20-16-4-2-1-3-12(16)11-27-15-7-13-9-22(10-14(13)8-15)19(26)23-6-5-17(21-23)18(24)25/h1-6,13-15H,7-11H2,(H,24,25). The highest BCUT2D eigenvalue weighted by molar-refractivity contribution is 6.31. The fourth-order valence-electron chi connectivity index (χ4n) is 4.05. The summed E-state index contributed by atoms with van der Waals surface area (Å²) in [6.45, 7) is 1.80. The lowest BCUT2D eigenvalue weighted by Gasteiger charge is -2.19. The van der Waals surface area contributed by atoms with E-state index in [0.717, 1.165) is 23.1 Å². The Balaban J connectivity index is 1.31. The number of amides is 1. The van der Waals surface area contributed by atoms with E-state index in [2.05, 4.69) is 5.10 Å². The van der Waals surface area contributed by atoms with E-state index in [-0.39, 0.29) is 17.8 Å². The highest BCUT2D eigenvalue weighted by Gasteiger charge is 2.43. The van der Waals surface area contributed by atoms with Crippen molar-refractivity contribution >= 4 is 23.6 Å². The molecule has 2 fully saturated rings. The monoisotopic (exact) mass is 389 g/mol. The fourth-order valence-corrected chi connectivity index (χ4v) is 4.24. The number of halogens is 1. The number of nitrogens with zero attached hydrogens (tertiary/aromatic N) is 3. The number of likely N-dealkylation sites (tertiary alicyclic amines) is 1.